The van der Waals surface area contributed by atoms with E-state index >= 15 is 0 Å². The summed E-state index contributed by atoms with van der Waals surface area (Å²) in [6, 6.07) is 23.0. The molecule has 0 radical (unpaired) electrons. The summed E-state index contributed by atoms with van der Waals surface area (Å²) in [4.78, 5) is 12.3. The molecule has 4 nitrogen and oxygen atoms in total. The maximum atomic E-state index is 12.3. The Labute approximate surface area is 168 Å². The van der Waals surface area contributed by atoms with Crippen molar-refractivity contribution in [2.24, 2.45) is 0 Å². The van der Waals surface area contributed by atoms with E-state index in [1.807, 2.05) is 18.2 Å². The van der Waals surface area contributed by atoms with E-state index in [9.17, 15) is 10.1 Å². The molecule has 0 saturated carbocycles. The molecule has 0 bridgehead atoms. The van der Waals surface area contributed by atoms with Gasteiger partial charge in [-0.2, -0.15) is 5.26 Å². The third kappa shape index (κ3) is 4.59. The van der Waals surface area contributed by atoms with Crippen LogP contribution in [0.15, 0.2) is 72.8 Å². The fourth-order valence-corrected chi connectivity index (χ4v) is 2.79. The van der Waals surface area contributed by atoms with E-state index in [4.69, 9.17) is 21.1 Å². The van der Waals surface area contributed by atoms with Crippen molar-refractivity contribution in [1.82, 2.24) is 0 Å². The topological polar surface area (TPSA) is 59.3 Å². The van der Waals surface area contributed by atoms with Gasteiger partial charge in [0.05, 0.1) is 29.3 Å². The second kappa shape index (κ2) is 8.90. The van der Waals surface area contributed by atoms with Crippen LogP contribution >= 0.6 is 11.6 Å². The van der Waals surface area contributed by atoms with Crippen LogP contribution in [0.25, 0.3) is 11.6 Å². The van der Waals surface area contributed by atoms with E-state index in [2.05, 4.69) is 6.07 Å². The Morgan fingerprint density at radius 2 is 1.75 bits per heavy atom. The van der Waals surface area contributed by atoms with Crippen LogP contribution in [0.3, 0.4) is 0 Å². The van der Waals surface area contributed by atoms with Gasteiger partial charge in [-0.3, -0.25) is 0 Å². The van der Waals surface area contributed by atoms with Crippen LogP contribution in [-0.2, 0) is 0 Å². The highest BCUT2D eigenvalue weighted by atomic mass is 35.5. The van der Waals surface area contributed by atoms with Crippen LogP contribution in [0.4, 0.5) is 0 Å². The number of benzene rings is 3. The van der Waals surface area contributed by atoms with Crippen LogP contribution in [0.5, 0.6) is 11.5 Å². The fraction of sp³-hybridized carbons (Fsp3) is 0.0435. The van der Waals surface area contributed by atoms with Gasteiger partial charge in [0.25, 0.3) is 0 Å². The Bertz CT molecular complexity index is 1070. The number of hydrogen-bond donors (Lipinski definition) is 0. The summed E-state index contributed by atoms with van der Waals surface area (Å²) in [6.07, 6.45) is 1.73. The van der Waals surface area contributed by atoms with E-state index in [0.717, 1.165) is 16.9 Å². The molecule has 28 heavy (non-hydrogen) atoms. The van der Waals surface area contributed by atoms with Crippen LogP contribution in [-0.4, -0.2) is 13.1 Å². The lowest BCUT2D eigenvalue weighted by Crippen LogP contribution is -2.09. The summed E-state index contributed by atoms with van der Waals surface area (Å²) >= 11 is 6.04. The first-order chi connectivity index (χ1) is 13.6. The Hall–Kier alpha value is -3.55. The van der Waals surface area contributed by atoms with Gasteiger partial charge < -0.3 is 9.47 Å². The lowest BCUT2D eigenvalue weighted by atomic mass is 10.0. The highest BCUT2D eigenvalue weighted by molar-refractivity contribution is 6.33. The molecule has 0 amide bonds. The molecule has 0 aliphatic carbocycles. The van der Waals surface area contributed by atoms with E-state index in [0.29, 0.717) is 21.9 Å². The predicted molar refractivity (Wildman–Crippen MR) is 109 cm³/mol. The molecule has 0 N–H and O–H groups in total. The number of methoxy groups -OCH3 is 1. The van der Waals surface area contributed by atoms with E-state index < -0.39 is 5.97 Å². The fourth-order valence-electron chi connectivity index (χ4n) is 2.57. The second-order valence-corrected chi connectivity index (χ2v) is 6.25. The molecule has 3 aromatic carbocycles. The molecule has 0 aromatic heterocycles. The number of allylic oxidation sites excluding steroid dienone is 1. The van der Waals surface area contributed by atoms with Crippen LogP contribution in [0, 0.1) is 11.3 Å². The maximum Gasteiger partial charge on any atom is 0.345 e. The largest absolute Gasteiger partial charge is 0.497 e. The molecular weight excluding hydrogens is 374 g/mol. The van der Waals surface area contributed by atoms with Gasteiger partial charge in [0.1, 0.15) is 11.5 Å². The molecule has 0 heterocycles. The van der Waals surface area contributed by atoms with Crippen molar-refractivity contribution in [2.45, 2.75) is 0 Å². The summed E-state index contributed by atoms with van der Waals surface area (Å²) in [5, 5.41) is 9.84. The first kappa shape index (κ1) is 19.2. The van der Waals surface area contributed by atoms with Gasteiger partial charge in [0.15, 0.2) is 0 Å². The van der Waals surface area contributed by atoms with Crippen molar-refractivity contribution in [3.8, 4) is 17.6 Å². The average molecular weight is 390 g/mol. The first-order valence-corrected chi connectivity index (χ1v) is 8.81. The first-order valence-electron chi connectivity index (χ1n) is 8.43. The maximum absolute atomic E-state index is 12.3. The van der Waals surface area contributed by atoms with Gasteiger partial charge >= 0.3 is 5.97 Å². The quantitative estimate of drug-likeness (QED) is 0.245. The van der Waals surface area contributed by atoms with Crippen molar-refractivity contribution in [3.63, 3.8) is 0 Å². The highest BCUT2D eigenvalue weighted by Gasteiger charge is 2.12. The summed E-state index contributed by atoms with van der Waals surface area (Å²) < 4.78 is 10.6. The lowest BCUT2D eigenvalue weighted by Gasteiger charge is -2.07. The summed E-state index contributed by atoms with van der Waals surface area (Å²) in [5.41, 5.74) is 2.27. The molecule has 0 unspecified atom stereocenters. The standard InChI is InChI=1S/C23H16ClNO3/c1-27-19-11-9-17(10-12-19)18(15-25)13-16-5-4-6-20(14-16)28-23(26)21-7-2-3-8-22(21)24/h2-14H,1H3/b18-13-. The zero-order chi connectivity index (χ0) is 19.9. The summed E-state index contributed by atoms with van der Waals surface area (Å²) in [5.74, 6) is 0.544. The molecule has 0 aliphatic heterocycles. The number of carbonyl (C=O) groups is 1. The van der Waals surface area contributed by atoms with Crippen molar-refractivity contribution in [2.75, 3.05) is 7.11 Å². The molecule has 0 atom stereocenters. The SMILES string of the molecule is COc1ccc(/C(C#N)=C\c2cccc(OC(=O)c3ccccc3Cl)c2)cc1. The zero-order valence-electron chi connectivity index (χ0n) is 15.1. The number of hydrogen-bond acceptors (Lipinski definition) is 4. The number of nitrogens with zero attached hydrogens (tertiary/aromatic N) is 1. The minimum Gasteiger partial charge on any atom is -0.497 e. The monoisotopic (exact) mass is 389 g/mol. The van der Waals surface area contributed by atoms with Gasteiger partial charge in [0.2, 0.25) is 0 Å². The normalized spacial score (nSPS) is 10.8. The average Bonchev–Trinajstić information content (AvgIpc) is 2.72. The molecule has 0 aliphatic rings. The van der Waals surface area contributed by atoms with Crippen molar-refractivity contribution in [3.05, 3.63) is 94.5 Å². The highest BCUT2D eigenvalue weighted by Crippen LogP contribution is 2.24. The van der Waals surface area contributed by atoms with E-state index in [1.54, 1.807) is 67.8 Å². The summed E-state index contributed by atoms with van der Waals surface area (Å²) in [6.45, 7) is 0. The molecule has 3 rings (SSSR count). The Kier molecular flexibility index (Phi) is 6.11. The molecule has 0 fully saturated rings. The van der Waals surface area contributed by atoms with Crippen LogP contribution in [0.1, 0.15) is 21.5 Å². The molecule has 0 saturated heterocycles. The molecule has 0 spiro atoms. The van der Waals surface area contributed by atoms with Gasteiger partial charge in [-0.1, -0.05) is 35.9 Å². The van der Waals surface area contributed by atoms with E-state index in [1.165, 1.54) is 0 Å². The number of esters is 1. The second-order valence-electron chi connectivity index (χ2n) is 5.84. The number of rotatable bonds is 5. The molecule has 138 valence electrons. The minimum absolute atomic E-state index is 0.293. The molecule has 5 heteroatoms. The van der Waals surface area contributed by atoms with Gasteiger partial charge in [0, 0.05) is 0 Å². The van der Waals surface area contributed by atoms with E-state index in [-0.39, 0.29) is 0 Å². The Morgan fingerprint density at radius 3 is 2.43 bits per heavy atom. The van der Waals surface area contributed by atoms with Crippen molar-refractivity contribution < 1.29 is 14.3 Å². The van der Waals surface area contributed by atoms with Crippen molar-refractivity contribution in [1.29, 1.82) is 5.26 Å². The number of carbonyl (C=O) groups excluding carboxylic acids is 1. The number of nitriles is 1. The zero-order valence-corrected chi connectivity index (χ0v) is 15.8. The van der Waals surface area contributed by atoms with Gasteiger partial charge in [-0.15, -0.1) is 0 Å². The smallest absolute Gasteiger partial charge is 0.345 e. The number of ether oxygens (including phenoxy) is 2. The Morgan fingerprint density at radius 1 is 1.00 bits per heavy atom. The molecular formula is C23H16ClNO3. The minimum atomic E-state index is -0.539. The van der Waals surface area contributed by atoms with Crippen LogP contribution < -0.4 is 9.47 Å². The molecule has 3 aromatic rings. The lowest BCUT2D eigenvalue weighted by molar-refractivity contribution is 0.0735. The van der Waals surface area contributed by atoms with Crippen molar-refractivity contribution >= 4 is 29.2 Å². The Balaban J connectivity index is 1.83. The predicted octanol–water partition coefficient (Wildman–Crippen LogP) is 5.63. The number of halogens is 1. The van der Waals surface area contributed by atoms with Gasteiger partial charge in [-0.05, 0) is 65.7 Å². The third-order valence-electron chi connectivity index (χ3n) is 3.99. The van der Waals surface area contributed by atoms with Gasteiger partial charge in [-0.25, -0.2) is 4.79 Å². The third-order valence-corrected chi connectivity index (χ3v) is 4.32. The van der Waals surface area contributed by atoms with Crippen LogP contribution in [0.2, 0.25) is 5.02 Å². The summed E-state index contributed by atoms with van der Waals surface area (Å²) in [7, 11) is 1.59.